The number of hydrogen-bond donors (Lipinski definition) is 11. The molecule has 0 radical (unpaired) electrons. The minimum Gasteiger partial charge on any atom is -0.494 e. The van der Waals surface area contributed by atoms with Gasteiger partial charge >= 0.3 is 0 Å². The fourth-order valence-electron chi connectivity index (χ4n) is 7.29. The Morgan fingerprint density at radius 3 is 2.15 bits per heavy atom. The molecule has 25 heteroatoms. The van der Waals surface area contributed by atoms with E-state index in [9.17, 15) is 53.1 Å². The second-order valence-corrected chi connectivity index (χ2v) is 19.1. The van der Waals surface area contributed by atoms with E-state index in [1.165, 1.54) is 22.6 Å². The molecule has 2 heterocycles. The van der Waals surface area contributed by atoms with Crippen LogP contribution in [-0.4, -0.2) is 155 Å². The SMILES string of the molecule is CCOc1ccc(CC2NC(=O)CCSSC[C@@H](C(=O)N3CCC[C@H]3C(=O)N[C@@H](CCCN)C(=O)NCC(N)=O)NC(=O)C(CC(N)=O)NC(=O)[C@H]([C@@H](C)O)NC(=O)C([C@@H](C)CC)NC2=O)cc1. The number of amides is 10. The number of benzene rings is 1. The highest BCUT2D eigenvalue weighted by atomic mass is 33.1. The molecule has 0 aliphatic carbocycles. The third kappa shape index (κ3) is 18.1. The quantitative estimate of drug-likeness (QED) is 0.0652. The minimum absolute atomic E-state index is 0.0243. The number of nitrogens with zero attached hydrogens (tertiary/aromatic N) is 1. The first-order valence-electron chi connectivity index (χ1n) is 22.6. The second kappa shape index (κ2) is 28.6. The van der Waals surface area contributed by atoms with E-state index in [4.69, 9.17) is 21.9 Å². The molecule has 3 unspecified atom stereocenters. The Labute approximate surface area is 403 Å². The van der Waals surface area contributed by atoms with Crippen LogP contribution in [0.2, 0.25) is 0 Å². The Bertz CT molecular complexity index is 1950. The molecule has 68 heavy (non-hydrogen) atoms. The number of primary amides is 2. The molecule has 1 aromatic rings. The van der Waals surface area contributed by atoms with Gasteiger partial charge in [0.15, 0.2) is 0 Å². The van der Waals surface area contributed by atoms with Gasteiger partial charge in [-0.2, -0.15) is 0 Å². The average Bonchev–Trinajstić information content (AvgIpc) is 3.79. The van der Waals surface area contributed by atoms with Crippen molar-refractivity contribution in [1.82, 2.24) is 42.1 Å². The highest BCUT2D eigenvalue weighted by molar-refractivity contribution is 8.76. The number of hydrogen-bond acceptors (Lipinski definition) is 15. The summed E-state index contributed by atoms with van der Waals surface area (Å²) in [6, 6.07) is -2.62. The van der Waals surface area contributed by atoms with E-state index in [1.54, 1.807) is 38.1 Å². The third-order valence-corrected chi connectivity index (χ3v) is 13.6. The topological polar surface area (TPSA) is 366 Å². The summed E-state index contributed by atoms with van der Waals surface area (Å²) in [5, 5.41) is 28.7. The Balaban J connectivity index is 1.99. The second-order valence-electron chi connectivity index (χ2n) is 16.5. The van der Waals surface area contributed by atoms with Gasteiger partial charge in [0.2, 0.25) is 59.1 Å². The van der Waals surface area contributed by atoms with Crippen molar-refractivity contribution in [2.24, 2.45) is 23.1 Å². The number of nitrogens with two attached hydrogens (primary N) is 3. The number of carbonyl (C=O) groups excluding carboxylic acids is 10. The first-order chi connectivity index (χ1) is 32.3. The summed E-state index contributed by atoms with van der Waals surface area (Å²) in [6.45, 7) is 6.72. The summed E-state index contributed by atoms with van der Waals surface area (Å²) in [5.74, 6) is -8.07. The molecule has 1 aromatic carbocycles. The molecule has 2 aliphatic rings. The normalized spacial score (nSPS) is 23.8. The molecule has 23 nitrogen and oxygen atoms in total. The van der Waals surface area contributed by atoms with E-state index in [0.717, 1.165) is 10.8 Å². The monoisotopic (exact) mass is 993 g/mol. The fourth-order valence-corrected chi connectivity index (χ4v) is 9.44. The van der Waals surface area contributed by atoms with Gasteiger partial charge in [0, 0.05) is 30.9 Å². The van der Waals surface area contributed by atoms with Crippen LogP contribution in [-0.2, 0) is 54.4 Å². The number of aliphatic hydroxyl groups excluding tert-OH is 1. The zero-order valence-corrected chi connectivity index (χ0v) is 40.5. The highest BCUT2D eigenvalue weighted by Crippen LogP contribution is 2.26. The van der Waals surface area contributed by atoms with Gasteiger partial charge < -0.3 is 69.2 Å². The van der Waals surface area contributed by atoms with Gasteiger partial charge in [0.05, 0.1) is 25.7 Å². The Morgan fingerprint density at radius 2 is 1.53 bits per heavy atom. The predicted octanol–water partition coefficient (Wildman–Crippen LogP) is -3.04. The van der Waals surface area contributed by atoms with Gasteiger partial charge in [-0.25, -0.2) is 0 Å². The maximum Gasteiger partial charge on any atom is 0.246 e. The van der Waals surface area contributed by atoms with Gasteiger partial charge in [-0.05, 0) is 69.7 Å². The van der Waals surface area contributed by atoms with Crippen LogP contribution in [0.15, 0.2) is 24.3 Å². The molecule has 9 atom stereocenters. The predicted molar refractivity (Wildman–Crippen MR) is 253 cm³/mol. The molecule has 14 N–H and O–H groups in total. The molecule has 2 fully saturated rings. The van der Waals surface area contributed by atoms with Crippen molar-refractivity contribution in [3.05, 3.63) is 29.8 Å². The van der Waals surface area contributed by atoms with E-state index in [2.05, 4.69) is 37.2 Å². The van der Waals surface area contributed by atoms with Gasteiger partial charge in [-0.15, -0.1) is 0 Å². The number of carbonyl (C=O) groups is 10. The maximum atomic E-state index is 14.4. The Hall–Kier alpha value is -5.66. The number of rotatable bonds is 18. The van der Waals surface area contributed by atoms with Crippen molar-refractivity contribution in [2.45, 2.75) is 127 Å². The number of aliphatic hydroxyl groups is 1. The van der Waals surface area contributed by atoms with Crippen LogP contribution >= 0.6 is 21.6 Å². The lowest BCUT2D eigenvalue weighted by Gasteiger charge is -2.31. The van der Waals surface area contributed by atoms with Crippen molar-refractivity contribution in [2.75, 3.05) is 37.7 Å². The average molecular weight is 994 g/mol. The minimum atomic E-state index is -1.74. The summed E-state index contributed by atoms with van der Waals surface area (Å²) >= 11 is 0. The molecule has 10 amide bonds. The van der Waals surface area contributed by atoms with E-state index in [0.29, 0.717) is 37.2 Å². The highest BCUT2D eigenvalue weighted by Gasteiger charge is 2.41. The lowest BCUT2D eigenvalue weighted by Crippen LogP contribution is -2.63. The Kier molecular flexibility index (Phi) is 23.8. The van der Waals surface area contributed by atoms with E-state index in [-0.39, 0.29) is 50.3 Å². The molecule has 3 rings (SSSR count). The van der Waals surface area contributed by atoms with Gasteiger partial charge in [-0.1, -0.05) is 54.0 Å². The summed E-state index contributed by atoms with van der Waals surface area (Å²) in [6.07, 6.45) is -1.05. The van der Waals surface area contributed by atoms with Crippen LogP contribution in [0.5, 0.6) is 5.75 Å². The lowest BCUT2D eigenvalue weighted by molar-refractivity contribution is -0.142. The Morgan fingerprint density at radius 1 is 0.868 bits per heavy atom. The molecular weight excluding hydrogens is 927 g/mol. The summed E-state index contributed by atoms with van der Waals surface area (Å²) in [5.41, 5.74) is 17.0. The fraction of sp³-hybridized carbons (Fsp3) is 0.628. The molecular formula is C43H67N11O12S2. The van der Waals surface area contributed by atoms with Crippen molar-refractivity contribution < 1.29 is 57.8 Å². The maximum absolute atomic E-state index is 14.4. The largest absolute Gasteiger partial charge is 0.494 e. The summed E-state index contributed by atoms with van der Waals surface area (Å²) in [4.78, 5) is 135. The molecule has 0 bridgehead atoms. The van der Waals surface area contributed by atoms with Gasteiger partial charge in [0.25, 0.3) is 0 Å². The van der Waals surface area contributed by atoms with E-state index >= 15 is 0 Å². The lowest BCUT2D eigenvalue weighted by atomic mass is 9.96. The van der Waals surface area contributed by atoms with Gasteiger partial charge in [0.1, 0.15) is 48.0 Å². The van der Waals surface area contributed by atoms with Crippen molar-refractivity contribution in [3.63, 3.8) is 0 Å². The van der Waals surface area contributed by atoms with Crippen LogP contribution in [0.4, 0.5) is 0 Å². The van der Waals surface area contributed by atoms with Crippen LogP contribution in [0.25, 0.3) is 0 Å². The number of ether oxygens (including phenoxy) is 1. The first kappa shape index (κ1) is 56.7. The third-order valence-electron chi connectivity index (χ3n) is 11.2. The van der Waals surface area contributed by atoms with Crippen LogP contribution in [0.1, 0.15) is 78.2 Å². The van der Waals surface area contributed by atoms with Crippen molar-refractivity contribution in [1.29, 1.82) is 0 Å². The molecule has 2 aliphatic heterocycles. The van der Waals surface area contributed by atoms with Crippen LogP contribution in [0.3, 0.4) is 0 Å². The first-order valence-corrected chi connectivity index (χ1v) is 25.1. The molecule has 378 valence electrons. The number of nitrogens with one attached hydrogen (secondary N) is 7. The standard InChI is InChI=1S/C43H67N11O12S2/c1-5-23(3)35-41(63)53-36(24(4)55)42(64)50-29(20-32(45)56)38(60)51-30(43(65)54-17-8-10-31(54)40(62)49-27(9-7-16-44)37(59)47-21-33(46)57)22-68-67-18-15-34(58)48-28(39(61)52-35)19-25-11-13-26(14-12-25)66-6-2/h11-14,23-24,27-31,35-36,55H,5-10,15-22,44H2,1-4H3,(H2,45,56)(H2,46,57)(H,47,59)(H,48,58)(H,49,62)(H,50,64)(H,51,60)(H,52,61)(H,53,63)/t23-,24+,27-,28?,29?,30-,31-,35?,36-/m0/s1. The molecule has 2 saturated heterocycles. The zero-order chi connectivity index (χ0) is 50.5. The molecule has 0 aromatic heterocycles. The zero-order valence-electron chi connectivity index (χ0n) is 38.8. The van der Waals surface area contributed by atoms with E-state index in [1.807, 2.05) is 6.92 Å². The summed E-state index contributed by atoms with van der Waals surface area (Å²) < 4.78 is 5.53. The van der Waals surface area contributed by atoms with Crippen LogP contribution in [0, 0.1) is 5.92 Å². The molecule has 0 spiro atoms. The number of likely N-dealkylation sites (tertiary alicyclic amines) is 1. The molecule has 0 saturated carbocycles. The summed E-state index contributed by atoms with van der Waals surface area (Å²) in [7, 11) is 2.27. The van der Waals surface area contributed by atoms with Crippen LogP contribution < -0.4 is 59.2 Å². The smallest absolute Gasteiger partial charge is 0.246 e. The van der Waals surface area contributed by atoms with Crippen molar-refractivity contribution >= 4 is 80.7 Å². The van der Waals surface area contributed by atoms with Gasteiger partial charge in [-0.3, -0.25) is 47.9 Å². The van der Waals surface area contributed by atoms with Crippen molar-refractivity contribution in [3.8, 4) is 5.75 Å². The van der Waals surface area contributed by atoms with E-state index < -0.39 is 126 Å².